The minimum absolute atomic E-state index is 0.0519. The molecule has 0 saturated carbocycles. The van der Waals surface area contributed by atoms with Crippen LogP contribution in [-0.2, 0) is 0 Å². The fraction of sp³-hybridized carbons (Fsp3) is 0.235. The highest BCUT2D eigenvalue weighted by atomic mass is 16.1. The smallest absolute Gasteiger partial charge is 0.193 e. The van der Waals surface area contributed by atoms with Crippen molar-refractivity contribution in [2.45, 2.75) is 27.7 Å². The molecular formula is C34H40N4O2. The number of benzene rings is 4. The van der Waals surface area contributed by atoms with Gasteiger partial charge in [-0.25, -0.2) is 0 Å². The molecule has 0 radical (unpaired) electrons. The Balaban J connectivity index is 0.000000220. The minimum Gasteiger partial charge on any atom is -0.385 e. The van der Waals surface area contributed by atoms with Crippen molar-refractivity contribution in [3.05, 3.63) is 119 Å². The summed E-state index contributed by atoms with van der Waals surface area (Å²) in [5, 5.41) is 12.9. The van der Waals surface area contributed by atoms with Gasteiger partial charge in [0.2, 0.25) is 0 Å². The molecule has 4 rings (SSSR count). The van der Waals surface area contributed by atoms with Crippen molar-refractivity contribution in [2.75, 3.05) is 47.4 Å². The van der Waals surface area contributed by atoms with Crippen LogP contribution >= 0.6 is 0 Å². The van der Waals surface area contributed by atoms with Crippen molar-refractivity contribution >= 4 is 34.3 Å². The van der Waals surface area contributed by atoms with Gasteiger partial charge < -0.3 is 21.3 Å². The van der Waals surface area contributed by atoms with Gasteiger partial charge in [0.25, 0.3) is 0 Å². The van der Waals surface area contributed by atoms with E-state index < -0.39 is 0 Å². The molecule has 4 N–H and O–H groups in total. The predicted molar refractivity (Wildman–Crippen MR) is 169 cm³/mol. The highest BCUT2D eigenvalue weighted by molar-refractivity contribution is 6.09. The molecule has 0 aromatic heterocycles. The van der Waals surface area contributed by atoms with E-state index in [1.165, 1.54) is 0 Å². The molecule has 0 heterocycles. The molecule has 6 nitrogen and oxygen atoms in total. The third-order valence-corrected chi connectivity index (χ3v) is 6.11. The van der Waals surface area contributed by atoms with E-state index in [4.69, 9.17) is 0 Å². The Labute approximate surface area is 238 Å². The van der Waals surface area contributed by atoms with Gasteiger partial charge in [0.15, 0.2) is 11.6 Å². The zero-order chi connectivity index (χ0) is 28.7. The van der Waals surface area contributed by atoms with E-state index in [2.05, 4.69) is 21.3 Å². The Bertz CT molecular complexity index is 1120. The Morgan fingerprint density at radius 2 is 0.550 bits per heavy atom. The number of ketones is 2. The Morgan fingerprint density at radius 1 is 0.375 bits per heavy atom. The molecular weight excluding hydrogens is 496 g/mol. The number of rotatable bonds is 12. The lowest BCUT2D eigenvalue weighted by Crippen LogP contribution is -2.03. The Kier molecular flexibility index (Phi) is 11.8. The maximum atomic E-state index is 12.3. The summed E-state index contributed by atoms with van der Waals surface area (Å²) in [4.78, 5) is 24.7. The zero-order valence-corrected chi connectivity index (χ0v) is 23.9. The van der Waals surface area contributed by atoms with Gasteiger partial charge in [-0.15, -0.1) is 0 Å². The number of carbonyl (C=O) groups excluding carboxylic acids is 2. The number of carbonyl (C=O) groups is 2. The quantitative estimate of drug-likeness (QED) is 0.140. The predicted octanol–water partition coefficient (Wildman–Crippen LogP) is 7.56. The first-order valence-electron chi connectivity index (χ1n) is 13.9. The molecule has 0 spiro atoms. The molecule has 0 unspecified atom stereocenters. The third kappa shape index (κ3) is 8.73. The van der Waals surface area contributed by atoms with Gasteiger partial charge >= 0.3 is 0 Å². The minimum atomic E-state index is 0.0519. The maximum Gasteiger partial charge on any atom is 0.193 e. The first kappa shape index (κ1) is 30.0. The van der Waals surface area contributed by atoms with Crippen LogP contribution in [0, 0.1) is 0 Å². The van der Waals surface area contributed by atoms with Crippen LogP contribution in [0.5, 0.6) is 0 Å². The van der Waals surface area contributed by atoms with E-state index in [-0.39, 0.29) is 11.6 Å². The average Bonchev–Trinajstić information content (AvgIpc) is 2.99. The largest absolute Gasteiger partial charge is 0.385 e. The van der Waals surface area contributed by atoms with Gasteiger partial charge in [-0.3, -0.25) is 9.59 Å². The summed E-state index contributed by atoms with van der Waals surface area (Å²) >= 11 is 0. The first-order chi connectivity index (χ1) is 19.5. The van der Waals surface area contributed by atoms with E-state index in [0.29, 0.717) is 22.3 Å². The highest BCUT2D eigenvalue weighted by Crippen LogP contribution is 2.17. The summed E-state index contributed by atoms with van der Waals surface area (Å²) in [6.45, 7) is 11.7. The van der Waals surface area contributed by atoms with Crippen LogP contribution in [0.15, 0.2) is 97.1 Å². The van der Waals surface area contributed by atoms with Crippen LogP contribution < -0.4 is 21.3 Å². The second-order valence-electron chi connectivity index (χ2n) is 9.09. The number of hydrogen-bond acceptors (Lipinski definition) is 6. The van der Waals surface area contributed by atoms with Gasteiger partial charge in [0.05, 0.1) is 0 Å². The van der Waals surface area contributed by atoms with Gasteiger partial charge in [-0.1, -0.05) is 0 Å². The molecule has 0 aliphatic heterocycles. The van der Waals surface area contributed by atoms with Crippen molar-refractivity contribution in [1.29, 1.82) is 0 Å². The van der Waals surface area contributed by atoms with Crippen molar-refractivity contribution in [2.24, 2.45) is 0 Å². The molecule has 208 valence electrons. The highest BCUT2D eigenvalue weighted by Gasteiger charge is 2.10. The monoisotopic (exact) mass is 536 g/mol. The molecule has 6 heteroatoms. The lowest BCUT2D eigenvalue weighted by Gasteiger charge is -2.06. The molecule has 0 saturated heterocycles. The average molecular weight is 537 g/mol. The number of nitrogens with one attached hydrogen (secondary N) is 4. The van der Waals surface area contributed by atoms with Crippen molar-refractivity contribution in [3.63, 3.8) is 0 Å². The van der Waals surface area contributed by atoms with Gasteiger partial charge in [0, 0.05) is 71.2 Å². The molecule has 0 amide bonds. The second-order valence-corrected chi connectivity index (χ2v) is 9.09. The van der Waals surface area contributed by atoms with Crippen LogP contribution in [0.1, 0.15) is 59.5 Å². The molecule has 40 heavy (non-hydrogen) atoms. The molecule has 0 aliphatic rings. The first-order valence-corrected chi connectivity index (χ1v) is 13.9. The van der Waals surface area contributed by atoms with Crippen molar-refractivity contribution < 1.29 is 9.59 Å². The van der Waals surface area contributed by atoms with E-state index in [1.807, 2.05) is 125 Å². The lowest BCUT2D eigenvalue weighted by molar-refractivity contribution is 0.103. The van der Waals surface area contributed by atoms with Crippen LogP contribution in [0.4, 0.5) is 22.7 Å². The zero-order valence-electron chi connectivity index (χ0n) is 23.9. The molecule has 0 aliphatic carbocycles. The van der Waals surface area contributed by atoms with Gasteiger partial charge in [-0.05, 0) is 125 Å². The molecule has 0 atom stereocenters. The lowest BCUT2D eigenvalue weighted by atomic mass is 10.0. The maximum absolute atomic E-state index is 12.3. The Hall–Kier alpha value is -4.58. The summed E-state index contributed by atoms with van der Waals surface area (Å²) in [6.07, 6.45) is 0. The third-order valence-electron chi connectivity index (χ3n) is 6.11. The van der Waals surface area contributed by atoms with Crippen LogP contribution in [0.25, 0.3) is 0 Å². The van der Waals surface area contributed by atoms with Crippen LogP contribution in [0.3, 0.4) is 0 Å². The van der Waals surface area contributed by atoms with Crippen LogP contribution in [-0.4, -0.2) is 37.7 Å². The van der Waals surface area contributed by atoms with Crippen LogP contribution in [0.2, 0.25) is 0 Å². The standard InChI is InChI=1S/2C17H20N2O/c2*1-3-18-15-9-5-13(6-10-15)17(20)14-7-11-16(12-8-14)19-4-2/h2*5-12,18-19H,3-4H2,1-2H3. The van der Waals surface area contributed by atoms with Crippen molar-refractivity contribution in [1.82, 2.24) is 0 Å². The fourth-order valence-corrected chi connectivity index (χ4v) is 4.11. The molecule has 0 fully saturated rings. The number of hydrogen-bond donors (Lipinski definition) is 4. The SMILES string of the molecule is CCNc1ccc(C(=O)c2ccc(NCC)cc2)cc1.CCNc1ccc(C(=O)c2ccc(NCC)cc2)cc1. The number of anilines is 4. The molecule has 4 aromatic carbocycles. The van der Waals surface area contributed by atoms with Gasteiger partial charge in [-0.2, -0.15) is 0 Å². The normalized spacial score (nSPS) is 10.1. The van der Waals surface area contributed by atoms with Crippen molar-refractivity contribution in [3.8, 4) is 0 Å². The van der Waals surface area contributed by atoms with E-state index in [0.717, 1.165) is 48.9 Å². The molecule has 4 aromatic rings. The second kappa shape index (κ2) is 15.7. The molecule has 0 bridgehead atoms. The summed E-state index contributed by atoms with van der Waals surface area (Å²) in [5.41, 5.74) is 6.98. The van der Waals surface area contributed by atoms with Gasteiger partial charge in [0.1, 0.15) is 0 Å². The Morgan fingerprint density at radius 3 is 0.700 bits per heavy atom. The summed E-state index contributed by atoms with van der Waals surface area (Å²) in [7, 11) is 0. The van der Waals surface area contributed by atoms with E-state index in [1.54, 1.807) is 0 Å². The van der Waals surface area contributed by atoms with E-state index in [9.17, 15) is 9.59 Å². The summed E-state index contributed by atoms with van der Waals surface area (Å²) in [6, 6.07) is 30.4. The summed E-state index contributed by atoms with van der Waals surface area (Å²) < 4.78 is 0. The topological polar surface area (TPSA) is 82.3 Å². The summed E-state index contributed by atoms with van der Waals surface area (Å²) in [5.74, 6) is 0.104. The fourth-order valence-electron chi connectivity index (χ4n) is 4.11. The van der Waals surface area contributed by atoms with E-state index >= 15 is 0 Å².